The SMILES string of the molecule is O=C(CN1CCN(C2CCCC2)C(=O)C1)Nc1ccc(-n2ccnc2)cc1. The number of benzene rings is 1. The minimum Gasteiger partial charge on any atom is -0.337 e. The van der Waals surface area contributed by atoms with Crippen molar-refractivity contribution in [2.75, 3.05) is 31.5 Å². The Hall–Kier alpha value is -2.67. The molecule has 1 aromatic carbocycles. The fourth-order valence-electron chi connectivity index (χ4n) is 4.00. The van der Waals surface area contributed by atoms with Gasteiger partial charge in [0.2, 0.25) is 11.8 Å². The number of amides is 2. The lowest BCUT2D eigenvalue weighted by molar-refractivity contribution is -0.139. The Kier molecular flexibility index (Phi) is 5.20. The van der Waals surface area contributed by atoms with Crippen LogP contribution in [0.25, 0.3) is 5.69 Å². The fraction of sp³-hybridized carbons (Fsp3) is 0.450. The Morgan fingerprint density at radius 3 is 2.59 bits per heavy atom. The van der Waals surface area contributed by atoms with Crippen molar-refractivity contribution in [3.8, 4) is 5.69 Å². The second kappa shape index (κ2) is 7.92. The van der Waals surface area contributed by atoms with E-state index in [0.29, 0.717) is 12.6 Å². The number of carbonyl (C=O) groups is 2. The molecule has 2 heterocycles. The first kappa shape index (κ1) is 17.7. The molecule has 0 spiro atoms. The van der Waals surface area contributed by atoms with Crippen LogP contribution in [0.2, 0.25) is 0 Å². The quantitative estimate of drug-likeness (QED) is 0.876. The standard InChI is InChI=1S/C20H25N5O2/c26-19(22-16-5-7-17(8-6-16)24-10-9-21-15-24)13-23-11-12-25(20(27)14-23)18-3-1-2-4-18/h5-10,15,18H,1-4,11-14H2,(H,22,26). The highest BCUT2D eigenvalue weighted by atomic mass is 16.2. The van der Waals surface area contributed by atoms with Gasteiger partial charge in [0.15, 0.2) is 0 Å². The van der Waals surface area contributed by atoms with Crippen molar-refractivity contribution in [3.63, 3.8) is 0 Å². The molecule has 0 bridgehead atoms. The van der Waals surface area contributed by atoms with Gasteiger partial charge in [-0.2, -0.15) is 0 Å². The molecule has 27 heavy (non-hydrogen) atoms. The summed E-state index contributed by atoms with van der Waals surface area (Å²) in [5.41, 5.74) is 1.74. The lowest BCUT2D eigenvalue weighted by atomic mass is 10.1. The van der Waals surface area contributed by atoms with Gasteiger partial charge in [-0.05, 0) is 37.1 Å². The number of hydrogen-bond acceptors (Lipinski definition) is 4. The molecule has 0 unspecified atom stereocenters. The number of carbonyl (C=O) groups excluding carboxylic acids is 2. The van der Waals surface area contributed by atoms with Crippen LogP contribution >= 0.6 is 0 Å². The normalized spacial score (nSPS) is 18.8. The van der Waals surface area contributed by atoms with Gasteiger partial charge >= 0.3 is 0 Å². The fourth-order valence-corrected chi connectivity index (χ4v) is 4.00. The van der Waals surface area contributed by atoms with Crippen molar-refractivity contribution >= 4 is 17.5 Å². The average molecular weight is 367 g/mol. The van der Waals surface area contributed by atoms with Crippen molar-refractivity contribution in [1.29, 1.82) is 0 Å². The van der Waals surface area contributed by atoms with Gasteiger partial charge in [-0.1, -0.05) is 12.8 Å². The van der Waals surface area contributed by atoms with Gasteiger partial charge in [-0.3, -0.25) is 14.5 Å². The van der Waals surface area contributed by atoms with Crippen molar-refractivity contribution in [3.05, 3.63) is 43.0 Å². The summed E-state index contributed by atoms with van der Waals surface area (Å²) in [6, 6.07) is 8.03. The van der Waals surface area contributed by atoms with Crippen LogP contribution in [0.3, 0.4) is 0 Å². The first-order valence-corrected chi connectivity index (χ1v) is 9.59. The number of anilines is 1. The van der Waals surface area contributed by atoms with Crippen molar-refractivity contribution in [2.45, 2.75) is 31.7 Å². The Bertz CT molecular complexity index is 781. The van der Waals surface area contributed by atoms with Crippen LogP contribution in [0.4, 0.5) is 5.69 Å². The second-order valence-corrected chi connectivity index (χ2v) is 7.30. The van der Waals surface area contributed by atoms with E-state index >= 15 is 0 Å². The van der Waals surface area contributed by atoms with Gasteiger partial charge in [-0.25, -0.2) is 4.98 Å². The van der Waals surface area contributed by atoms with Crippen LogP contribution in [-0.4, -0.2) is 63.4 Å². The number of piperazine rings is 1. The number of imidazole rings is 1. The van der Waals surface area contributed by atoms with Gasteiger partial charge in [0.05, 0.1) is 19.4 Å². The monoisotopic (exact) mass is 367 g/mol. The van der Waals surface area contributed by atoms with E-state index in [1.807, 2.05) is 44.8 Å². The Labute approximate surface area is 159 Å². The molecule has 7 nitrogen and oxygen atoms in total. The summed E-state index contributed by atoms with van der Waals surface area (Å²) in [6.45, 7) is 2.07. The van der Waals surface area contributed by atoms with Gasteiger partial charge in [0, 0.05) is 42.9 Å². The number of rotatable bonds is 5. The first-order chi connectivity index (χ1) is 13.2. The smallest absolute Gasteiger partial charge is 0.238 e. The van der Waals surface area contributed by atoms with Crippen molar-refractivity contribution in [2.24, 2.45) is 0 Å². The molecule has 1 saturated heterocycles. The van der Waals surface area contributed by atoms with Gasteiger partial charge < -0.3 is 14.8 Å². The van der Waals surface area contributed by atoms with E-state index in [0.717, 1.165) is 37.3 Å². The molecule has 7 heteroatoms. The van der Waals surface area contributed by atoms with E-state index < -0.39 is 0 Å². The minimum atomic E-state index is -0.0903. The highest BCUT2D eigenvalue weighted by molar-refractivity contribution is 5.92. The Balaban J connectivity index is 1.27. The van der Waals surface area contributed by atoms with Crippen molar-refractivity contribution in [1.82, 2.24) is 19.4 Å². The largest absolute Gasteiger partial charge is 0.337 e. The maximum Gasteiger partial charge on any atom is 0.238 e. The molecule has 1 saturated carbocycles. The average Bonchev–Trinajstić information content (AvgIpc) is 3.36. The molecular formula is C20H25N5O2. The zero-order valence-electron chi connectivity index (χ0n) is 15.4. The molecule has 2 amide bonds. The zero-order valence-corrected chi connectivity index (χ0v) is 15.4. The minimum absolute atomic E-state index is 0.0903. The molecule has 2 aromatic rings. The number of nitrogens with one attached hydrogen (secondary N) is 1. The van der Waals surface area contributed by atoms with E-state index in [1.54, 1.807) is 12.5 Å². The molecule has 1 aliphatic heterocycles. The summed E-state index contributed by atoms with van der Waals surface area (Å²) in [4.78, 5) is 32.8. The van der Waals surface area contributed by atoms with Gasteiger partial charge in [0.25, 0.3) is 0 Å². The molecular weight excluding hydrogens is 342 g/mol. The van der Waals surface area contributed by atoms with Crippen LogP contribution in [-0.2, 0) is 9.59 Å². The topological polar surface area (TPSA) is 70.5 Å². The van der Waals surface area contributed by atoms with Crippen LogP contribution in [0, 0.1) is 0 Å². The van der Waals surface area contributed by atoms with E-state index in [-0.39, 0.29) is 18.4 Å². The molecule has 0 radical (unpaired) electrons. The predicted octanol–water partition coefficient (Wildman–Crippen LogP) is 1.90. The van der Waals surface area contributed by atoms with E-state index in [9.17, 15) is 9.59 Å². The summed E-state index contributed by atoms with van der Waals surface area (Å²) in [7, 11) is 0. The molecule has 2 fully saturated rings. The highest BCUT2D eigenvalue weighted by Crippen LogP contribution is 2.24. The van der Waals surface area contributed by atoms with Crippen molar-refractivity contribution < 1.29 is 9.59 Å². The third kappa shape index (κ3) is 4.19. The number of hydrogen-bond donors (Lipinski definition) is 1. The number of aromatic nitrogens is 2. The van der Waals surface area contributed by atoms with E-state index in [4.69, 9.17) is 0 Å². The predicted molar refractivity (Wildman–Crippen MR) is 103 cm³/mol. The summed E-state index contributed by atoms with van der Waals surface area (Å²) in [6.07, 6.45) is 10.0. The van der Waals surface area contributed by atoms with E-state index in [2.05, 4.69) is 10.3 Å². The lowest BCUT2D eigenvalue weighted by Crippen LogP contribution is -2.54. The van der Waals surface area contributed by atoms with E-state index in [1.165, 1.54) is 12.8 Å². The maximum atomic E-state index is 12.4. The summed E-state index contributed by atoms with van der Waals surface area (Å²) in [5, 5.41) is 2.91. The Morgan fingerprint density at radius 2 is 1.93 bits per heavy atom. The molecule has 2 aliphatic rings. The summed E-state index contributed by atoms with van der Waals surface area (Å²) >= 11 is 0. The Morgan fingerprint density at radius 1 is 1.15 bits per heavy atom. The molecule has 4 rings (SSSR count). The summed E-state index contributed by atoms with van der Waals surface area (Å²) in [5.74, 6) is 0.0677. The lowest BCUT2D eigenvalue weighted by Gasteiger charge is -2.37. The molecule has 142 valence electrons. The van der Waals surface area contributed by atoms with Crippen LogP contribution in [0.5, 0.6) is 0 Å². The highest BCUT2D eigenvalue weighted by Gasteiger charge is 2.31. The van der Waals surface area contributed by atoms with Crippen LogP contribution < -0.4 is 5.32 Å². The molecule has 1 aromatic heterocycles. The number of nitrogens with zero attached hydrogens (tertiary/aromatic N) is 4. The van der Waals surface area contributed by atoms with Crippen LogP contribution in [0.15, 0.2) is 43.0 Å². The second-order valence-electron chi connectivity index (χ2n) is 7.30. The van der Waals surface area contributed by atoms with Gasteiger partial charge in [-0.15, -0.1) is 0 Å². The molecule has 1 aliphatic carbocycles. The molecule has 1 N–H and O–H groups in total. The third-order valence-electron chi connectivity index (χ3n) is 5.42. The molecule has 0 atom stereocenters. The first-order valence-electron chi connectivity index (χ1n) is 9.59. The summed E-state index contributed by atoms with van der Waals surface area (Å²) < 4.78 is 1.90. The maximum absolute atomic E-state index is 12.4. The zero-order chi connectivity index (χ0) is 18.6. The van der Waals surface area contributed by atoms with Crippen LogP contribution in [0.1, 0.15) is 25.7 Å². The van der Waals surface area contributed by atoms with Gasteiger partial charge in [0.1, 0.15) is 0 Å². The third-order valence-corrected chi connectivity index (χ3v) is 5.42.